The number of nitrogens with zero attached hydrogens (tertiary/aromatic N) is 2. The Morgan fingerprint density at radius 3 is 2.21 bits per heavy atom. The molecular formula is C15H27N3O. The van der Waals surface area contributed by atoms with Crippen LogP contribution in [0.2, 0.25) is 0 Å². The van der Waals surface area contributed by atoms with Gasteiger partial charge in [-0.1, -0.05) is 20.8 Å². The lowest BCUT2D eigenvalue weighted by Gasteiger charge is -2.29. The second-order valence-corrected chi connectivity index (χ2v) is 4.73. The van der Waals surface area contributed by atoms with Crippen molar-refractivity contribution in [2.45, 2.75) is 59.1 Å². The van der Waals surface area contributed by atoms with Crippen molar-refractivity contribution in [3.8, 4) is 0 Å². The van der Waals surface area contributed by atoms with Crippen molar-refractivity contribution in [3.05, 3.63) is 23.8 Å². The molecule has 1 N–H and O–H groups in total. The molecule has 0 fully saturated rings. The summed E-state index contributed by atoms with van der Waals surface area (Å²) in [6, 6.07) is 0. The fraction of sp³-hybridized carbons (Fsp3) is 0.733. The molecule has 0 aliphatic rings. The molecule has 0 bridgehead atoms. The standard InChI is InChI=1S/C15H27N3O/c1-5-9-16-10-13-11-17-14(18-12-13)15(6-2,7-3)19-8-4/h11-12,16H,5-10H2,1-4H3. The number of hydrogen-bond donors (Lipinski definition) is 1. The van der Waals surface area contributed by atoms with Crippen LogP contribution in [0, 0.1) is 0 Å². The molecule has 1 aromatic rings. The van der Waals surface area contributed by atoms with Gasteiger partial charge in [-0.25, -0.2) is 9.97 Å². The minimum Gasteiger partial charge on any atom is -0.367 e. The van der Waals surface area contributed by atoms with Gasteiger partial charge in [0.1, 0.15) is 5.60 Å². The first kappa shape index (κ1) is 16.1. The number of rotatable bonds is 9. The maximum absolute atomic E-state index is 5.91. The summed E-state index contributed by atoms with van der Waals surface area (Å²) in [6.45, 7) is 11.0. The zero-order valence-corrected chi connectivity index (χ0v) is 12.7. The minimum absolute atomic E-state index is 0.329. The zero-order chi connectivity index (χ0) is 14.1. The quantitative estimate of drug-likeness (QED) is 0.697. The lowest BCUT2D eigenvalue weighted by atomic mass is 9.96. The molecular weight excluding hydrogens is 238 g/mol. The van der Waals surface area contributed by atoms with Gasteiger partial charge in [0.15, 0.2) is 5.82 Å². The van der Waals surface area contributed by atoms with Crippen molar-refractivity contribution in [2.24, 2.45) is 0 Å². The molecule has 1 aromatic heterocycles. The number of ether oxygens (including phenoxy) is 1. The third-order valence-corrected chi connectivity index (χ3v) is 3.43. The summed E-state index contributed by atoms with van der Waals surface area (Å²) in [5, 5.41) is 3.35. The van der Waals surface area contributed by atoms with Gasteiger partial charge in [-0.05, 0) is 32.7 Å². The summed E-state index contributed by atoms with van der Waals surface area (Å²) in [6.07, 6.45) is 6.74. The van der Waals surface area contributed by atoms with E-state index in [1.807, 2.05) is 19.3 Å². The van der Waals surface area contributed by atoms with Gasteiger partial charge in [0.2, 0.25) is 0 Å². The van der Waals surface area contributed by atoms with E-state index >= 15 is 0 Å². The molecule has 108 valence electrons. The Labute approximate surface area is 117 Å². The molecule has 4 nitrogen and oxygen atoms in total. The van der Waals surface area contributed by atoms with Crippen LogP contribution in [0.15, 0.2) is 12.4 Å². The maximum Gasteiger partial charge on any atom is 0.160 e. The fourth-order valence-corrected chi connectivity index (χ4v) is 2.20. The van der Waals surface area contributed by atoms with Crippen LogP contribution in [-0.4, -0.2) is 23.1 Å². The molecule has 0 amide bonds. The molecule has 19 heavy (non-hydrogen) atoms. The molecule has 0 atom stereocenters. The van der Waals surface area contributed by atoms with E-state index in [1.165, 1.54) is 0 Å². The number of nitrogens with one attached hydrogen (secondary N) is 1. The highest BCUT2D eigenvalue weighted by Gasteiger charge is 2.31. The molecule has 0 spiro atoms. The van der Waals surface area contributed by atoms with Crippen LogP contribution in [-0.2, 0) is 16.9 Å². The second-order valence-electron chi connectivity index (χ2n) is 4.73. The van der Waals surface area contributed by atoms with E-state index in [0.717, 1.165) is 43.7 Å². The average molecular weight is 265 g/mol. The highest BCUT2D eigenvalue weighted by atomic mass is 16.5. The van der Waals surface area contributed by atoms with Crippen molar-refractivity contribution in [1.82, 2.24) is 15.3 Å². The summed E-state index contributed by atoms with van der Waals surface area (Å²) in [7, 11) is 0. The van der Waals surface area contributed by atoms with E-state index in [-0.39, 0.29) is 5.60 Å². The summed E-state index contributed by atoms with van der Waals surface area (Å²) in [4.78, 5) is 9.03. The Hall–Kier alpha value is -1.00. The van der Waals surface area contributed by atoms with Gasteiger partial charge >= 0.3 is 0 Å². The lowest BCUT2D eigenvalue weighted by molar-refractivity contribution is -0.0572. The largest absolute Gasteiger partial charge is 0.367 e. The predicted octanol–water partition coefficient (Wildman–Crippen LogP) is 3.03. The second kappa shape index (κ2) is 8.23. The normalized spacial score (nSPS) is 11.8. The van der Waals surface area contributed by atoms with Crippen LogP contribution in [0.1, 0.15) is 58.3 Å². The van der Waals surface area contributed by atoms with Crippen LogP contribution >= 0.6 is 0 Å². The predicted molar refractivity (Wildman–Crippen MR) is 77.9 cm³/mol. The molecule has 1 heterocycles. The third kappa shape index (κ3) is 4.25. The van der Waals surface area contributed by atoms with Crippen molar-refractivity contribution in [3.63, 3.8) is 0 Å². The highest BCUT2D eigenvalue weighted by Crippen LogP contribution is 2.30. The topological polar surface area (TPSA) is 47.0 Å². The van der Waals surface area contributed by atoms with Crippen LogP contribution in [0.4, 0.5) is 0 Å². The van der Waals surface area contributed by atoms with E-state index in [1.54, 1.807) is 0 Å². The molecule has 4 heteroatoms. The van der Waals surface area contributed by atoms with Gasteiger partial charge in [0.25, 0.3) is 0 Å². The van der Waals surface area contributed by atoms with Gasteiger partial charge in [-0.3, -0.25) is 0 Å². The van der Waals surface area contributed by atoms with Gasteiger partial charge in [0.05, 0.1) is 0 Å². The van der Waals surface area contributed by atoms with Crippen molar-refractivity contribution < 1.29 is 4.74 Å². The fourth-order valence-electron chi connectivity index (χ4n) is 2.20. The average Bonchev–Trinajstić information content (AvgIpc) is 2.46. The van der Waals surface area contributed by atoms with E-state index in [0.29, 0.717) is 6.61 Å². The van der Waals surface area contributed by atoms with Gasteiger partial charge in [-0.2, -0.15) is 0 Å². The Morgan fingerprint density at radius 2 is 1.74 bits per heavy atom. The molecule has 1 rings (SSSR count). The first-order chi connectivity index (χ1) is 9.22. The molecule has 0 saturated heterocycles. The van der Waals surface area contributed by atoms with Crippen molar-refractivity contribution in [2.75, 3.05) is 13.2 Å². The van der Waals surface area contributed by atoms with Gasteiger partial charge in [-0.15, -0.1) is 0 Å². The lowest BCUT2D eigenvalue weighted by Crippen LogP contribution is -2.31. The molecule has 0 unspecified atom stereocenters. The van der Waals surface area contributed by atoms with Crippen molar-refractivity contribution >= 4 is 0 Å². The Balaban J connectivity index is 2.77. The SMILES string of the molecule is CCCNCc1cnc(C(CC)(CC)OCC)nc1. The molecule has 0 aliphatic carbocycles. The first-order valence-electron chi connectivity index (χ1n) is 7.38. The maximum atomic E-state index is 5.91. The summed E-state index contributed by atoms with van der Waals surface area (Å²) >= 11 is 0. The first-order valence-corrected chi connectivity index (χ1v) is 7.38. The Morgan fingerprint density at radius 1 is 1.11 bits per heavy atom. The Bertz CT molecular complexity index is 347. The smallest absolute Gasteiger partial charge is 0.160 e. The molecule has 0 radical (unpaired) electrons. The summed E-state index contributed by atoms with van der Waals surface area (Å²) in [5.74, 6) is 0.804. The van der Waals surface area contributed by atoms with E-state index < -0.39 is 0 Å². The van der Waals surface area contributed by atoms with Crippen molar-refractivity contribution in [1.29, 1.82) is 0 Å². The summed E-state index contributed by atoms with van der Waals surface area (Å²) < 4.78 is 5.91. The molecule has 0 aliphatic heterocycles. The molecule has 0 aromatic carbocycles. The van der Waals surface area contributed by atoms with E-state index in [9.17, 15) is 0 Å². The van der Waals surface area contributed by atoms with Gasteiger partial charge < -0.3 is 10.1 Å². The van der Waals surface area contributed by atoms with Crippen LogP contribution < -0.4 is 5.32 Å². The van der Waals surface area contributed by atoms with Crippen LogP contribution in [0.25, 0.3) is 0 Å². The molecule has 0 saturated carbocycles. The zero-order valence-electron chi connectivity index (χ0n) is 12.7. The number of aromatic nitrogens is 2. The van der Waals surface area contributed by atoms with E-state index in [4.69, 9.17) is 4.74 Å². The minimum atomic E-state index is -0.329. The highest BCUT2D eigenvalue weighted by molar-refractivity contribution is 5.09. The van der Waals surface area contributed by atoms with Gasteiger partial charge in [0, 0.05) is 31.1 Å². The Kier molecular flexibility index (Phi) is 6.95. The summed E-state index contributed by atoms with van der Waals surface area (Å²) in [5.41, 5.74) is 0.791. The third-order valence-electron chi connectivity index (χ3n) is 3.43. The van der Waals surface area contributed by atoms with Crippen LogP contribution in [0.3, 0.4) is 0 Å². The van der Waals surface area contributed by atoms with Crippen LogP contribution in [0.5, 0.6) is 0 Å². The monoisotopic (exact) mass is 265 g/mol. The van der Waals surface area contributed by atoms with E-state index in [2.05, 4.69) is 36.1 Å². The number of hydrogen-bond acceptors (Lipinski definition) is 4.